The van der Waals surface area contributed by atoms with Gasteiger partial charge in [-0.25, -0.2) is 0 Å². The second-order valence-electron chi connectivity index (χ2n) is 7.26. The zero-order chi connectivity index (χ0) is 20.3. The number of fused-ring (bicyclic) bond motifs is 1. The number of benzene rings is 3. The molecule has 5 aromatic rings. The Hall–Kier alpha value is -4.05. The van der Waals surface area contributed by atoms with Gasteiger partial charge in [0, 0.05) is 40.2 Å². The van der Waals surface area contributed by atoms with Crippen LogP contribution >= 0.6 is 0 Å². The highest BCUT2D eigenvalue weighted by atomic mass is 16.1. The molecule has 1 unspecified atom stereocenters. The van der Waals surface area contributed by atoms with Crippen molar-refractivity contribution >= 4 is 22.4 Å². The Bertz CT molecular complexity index is 1290. The third-order valence-corrected chi connectivity index (χ3v) is 5.33. The number of Topliss-reactive ketones (excluding diaryl/α,β-unsaturated/α-hetero) is 1. The molecule has 4 heteroatoms. The molecule has 146 valence electrons. The van der Waals surface area contributed by atoms with E-state index in [1.165, 1.54) is 0 Å². The molecule has 0 aliphatic carbocycles. The summed E-state index contributed by atoms with van der Waals surface area (Å²) in [5.74, 6) is 0.0314. The molecule has 0 aliphatic heterocycles. The molecule has 0 bridgehead atoms. The largest absolute Gasteiger partial charge is 0.371 e. The highest BCUT2D eigenvalue weighted by molar-refractivity contribution is 6.11. The summed E-state index contributed by atoms with van der Waals surface area (Å²) < 4.78 is 0. The van der Waals surface area contributed by atoms with E-state index in [-0.39, 0.29) is 5.78 Å². The number of H-pyrrole nitrogens is 2. The standard InChI is InChI=1S/C26H21N3O/c30-26(22-17-28-24-13-5-4-12-21(22)24)25(18-8-2-1-3-9-18)29-20-11-6-10-19(16-20)23-14-7-15-27-23/h1-17,25,27-29H. The second kappa shape index (κ2) is 7.76. The molecule has 0 amide bonds. The van der Waals surface area contributed by atoms with E-state index in [0.29, 0.717) is 5.56 Å². The third kappa shape index (κ3) is 3.40. The van der Waals surface area contributed by atoms with Crippen LogP contribution in [0.15, 0.2) is 103 Å². The Morgan fingerprint density at radius 1 is 0.800 bits per heavy atom. The maximum Gasteiger partial charge on any atom is 0.191 e. The van der Waals surface area contributed by atoms with Gasteiger partial charge in [-0.3, -0.25) is 4.79 Å². The average Bonchev–Trinajstić information content (AvgIpc) is 3.48. The van der Waals surface area contributed by atoms with Crippen molar-refractivity contribution in [1.82, 2.24) is 9.97 Å². The van der Waals surface area contributed by atoms with E-state index >= 15 is 0 Å². The molecule has 0 saturated carbocycles. The van der Waals surface area contributed by atoms with Gasteiger partial charge >= 0.3 is 0 Å². The van der Waals surface area contributed by atoms with Crippen molar-refractivity contribution in [2.75, 3.05) is 5.32 Å². The summed E-state index contributed by atoms with van der Waals surface area (Å²) in [4.78, 5) is 20.1. The number of aromatic amines is 2. The second-order valence-corrected chi connectivity index (χ2v) is 7.26. The highest BCUT2D eigenvalue weighted by Gasteiger charge is 2.24. The molecule has 0 aliphatic rings. The summed E-state index contributed by atoms with van der Waals surface area (Å²) in [6, 6.07) is 29.3. The molecule has 3 N–H and O–H groups in total. The number of hydrogen-bond acceptors (Lipinski definition) is 2. The lowest BCUT2D eigenvalue weighted by atomic mass is 9.96. The highest BCUT2D eigenvalue weighted by Crippen LogP contribution is 2.29. The molecular formula is C26H21N3O. The van der Waals surface area contributed by atoms with E-state index in [2.05, 4.69) is 27.4 Å². The van der Waals surface area contributed by atoms with Crippen LogP contribution in [0, 0.1) is 0 Å². The SMILES string of the molecule is O=C(c1c[nH]c2ccccc12)C(Nc1cccc(-c2ccc[nH]2)c1)c1ccccc1. The van der Waals surface area contributed by atoms with Gasteiger partial charge in [0.05, 0.1) is 0 Å². The number of carbonyl (C=O) groups excluding carboxylic acids is 1. The summed E-state index contributed by atoms with van der Waals surface area (Å²) in [6.45, 7) is 0. The Labute approximate surface area is 174 Å². The smallest absolute Gasteiger partial charge is 0.191 e. The van der Waals surface area contributed by atoms with E-state index in [9.17, 15) is 4.79 Å². The minimum Gasteiger partial charge on any atom is -0.371 e. The first-order valence-electron chi connectivity index (χ1n) is 9.95. The molecular weight excluding hydrogens is 370 g/mol. The Morgan fingerprint density at radius 3 is 2.47 bits per heavy atom. The number of carbonyl (C=O) groups is 1. The lowest BCUT2D eigenvalue weighted by Gasteiger charge is -2.20. The van der Waals surface area contributed by atoms with Crippen LogP contribution in [-0.2, 0) is 0 Å². The van der Waals surface area contributed by atoms with Crippen molar-refractivity contribution in [3.8, 4) is 11.3 Å². The molecule has 2 heterocycles. The van der Waals surface area contributed by atoms with Crippen LogP contribution in [0.2, 0.25) is 0 Å². The minimum absolute atomic E-state index is 0.0314. The van der Waals surface area contributed by atoms with Crippen LogP contribution in [0.25, 0.3) is 22.2 Å². The van der Waals surface area contributed by atoms with Crippen molar-refractivity contribution in [3.63, 3.8) is 0 Å². The number of aromatic nitrogens is 2. The van der Waals surface area contributed by atoms with Crippen molar-refractivity contribution in [2.24, 2.45) is 0 Å². The van der Waals surface area contributed by atoms with E-state index in [4.69, 9.17) is 0 Å². The first kappa shape index (κ1) is 18.0. The normalized spacial score (nSPS) is 12.0. The zero-order valence-corrected chi connectivity index (χ0v) is 16.3. The number of hydrogen-bond donors (Lipinski definition) is 3. The lowest BCUT2D eigenvalue weighted by Crippen LogP contribution is -2.21. The van der Waals surface area contributed by atoms with E-state index in [1.54, 1.807) is 6.20 Å². The number of anilines is 1. The molecule has 0 spiro atoms. The lowest BCUT2D eigenvalue weighted by molar-refractivity contribution is 0.0971. The van der Waals surface area contributed by atoms with Crippen LogP contribution in [-0.4, -0.2) is 15.8 Å². The number of rotatable bonds is 6. The van der Waals surface area contributed by atoms with E-state index in [0.717, 1.165) is 33.4 Å². The van der Waals surface area contributed by atoms with E-state index < -0.39 is 6.04 Å². The predicted octanol–water partition coefficient (Wildman–Crippen LogP) is 6.20. The van der Waals surface area contributed by atoms with E-state index in [1.807, 2.05) is 85.1 Å². The fraction of sp³-hybridized carbons (Fsp3) is 0.0385. The average molecular weight is 391 g/mol. The molecule has 4 nitrogen and oxygen atoms in total. The summed E-state index contributed by atoms with van der Waals surface area (Å²) in [5, 5.41) is 4.41. The molecule has 0 fully saturated rings. The van der Waals surface area contributed by atoms with Crippen LogP contribution in [0.4, 0.5) is 5.69 Å². The van der Waals surface area contributed by atoms with Gasteiger partial charge in [-0.15, -0.1) is 0 Å². The van der Waals surface area contributed by atoms with Crippen molar-refractivity contribution in [2.45, 2.75) is 6.04 Å². The van der Waals surface area contributed by atoms with Gasteiger partial charge in [-0.2, -0.15) is 0 Å². The third-order valence-electron chi connectivity index (χ3n) is 5.33. The zero-order valence-electron chi connectivity index (χ0n) is 16.3. The monoisotopic (exact) mass is 391 g/mol. The molecule has 0 saturated heterocycles. The fourth-order valence-electron chi connectivity index (χ4n) is 3.83. The van der Waals surface area contributed by atoms with Crippen molar-refractivity contribution < 1.29 is 4.79 Å². The number of nitrogens with one attached hydrogen (secondary N) is 3. The van der Waals surface area contributed by atoms with Gasteiger partial charge in [0.25, 0.3) is 0 Å². The fourth-order valence-corrected chi connectivity index (χ4v) is 3.83. The minimum atomic E-state index is -0.496. The Kier molecular flexibility index (Phi) is 4.66. The summed E-state index contributed by atoms with van der Waals surface area (Å²) >= 11 is 0. The van der Waals surface area contributed by atoms with Gasteiger partial charge in [0.2, 0.25) is 0 Å². The van der Waals surface area contributed by atoms with Crippen LogP contribution < -0.4 is 5.32 Å². The maximum absolute atomic E-state index is 13.6. The molecule has 0 radical (unpaired) electrons. The quantitative estimate of drug-likeness (QED) is 0.302. The number of ketones is 1. The summed E-state index contributed by atoms with van der Waals surface area (Å²) in [6.07, 6.45) is 3.71. The summed E-state index contributed by atoms with van der Waals surface area (Å²) in [5.41, 5.74) is 5.57. The number of para-hydroxylation sites is 1. The predicted molar refractivity (Wildman–Crippen MR) is 122 cm³/mol. The maximum atomic E-state index is 13.6. The van der Waals surface area contributed by atoms with Gasteiger partial charge < -0.3 is 15.3 Å². The molecule has 2 aromatic heterocycles. The van der Waals surface area contributed by atoms with Gasteiger partial charge in [0.15, 0.2) is 5.78 Å². The molecule has 3 aromatic carbocycles. The first-order valence-corrected chi connectivity index (χ1v) is 9.95. The Balaban J connectivity index is 1.53. The molecule has 1 atom stereocenters. The van der Waals surface area contributed by atoms with Crippen LogP contribution in [0.1, 0.15) is 22.0 Å². The Morgan fingerprint density at radius 2 is 1.63 bits per heavy atom. The van der Waals surface area contributed by atoms with Crippen LogP contribution in [0.3, 0.4) is 0 Å². The van der Waals surface area contributed by atoms with Gasteiger partial charge in [-0.05, 0) is 41.5 Å². The van der Waals surface area contributed by atoms with Crippen molar-refractivity contribution in [1.29, 1.82) is 0 Å². The molecule has 30 heavy (non-hydrogen) atoms. The van der Waals surface area contributed by atoms with Gasteiger partial charge in [0.1, 0.15) is 6.04 Å². The molecule has 5 rings (SSSR count). The first-order chi connectivity index (χ1) is 14.8. The van der Waals surface area contributed by atoms with Crippen LogP contribution in [0.5, 0.6) is 0 Å². The van der Waals surface area contributed by atoms with Gasteiger partial charge in [-0.1, -0.05) is 60.7 Å². The summed E-state index contributed by atoms with van der Waals surface area (Å²) in [7, 11) is 0. The van der Waals surface area contributed by atoms with Crippen molar-refractivity contribution in [3.05, 3.63) is 115 Å². The topological polar surface area (TPSA) is 60.7 Å².